The van der Waals surface area contributed by atoms with Crippen LogP contribution in [0.25, 0.3) is 0 Å². The summed E-state index contributed by atoms with van der Waals surface area (Å²) in [5.41, 5.74) is 6.44. The maximum Gasteiger partial charge on any atom is 0.318 e. The van der Waals surface area contributed by atoms with Crippen molar-refractivity contribution in [3.8, 4) is 0 Å². The van der Waals surface area contributed by atoms with Crippen LogP contribution in [0.5, 0.6) is 0 Å². The normalized spacial score (nSPS) is 11.6. The molecule has 8 nitrogen and oxygen atoms in total. The van der Waals surface area contributed by atoms with Crippen molar-refractivity contribution in [2.75, 3.05) is 18.2 Å². The van der Waals surface area contributed by atoms with E-state index in [1.165, 1.54) is 7.11 Å². The lowest BCUT2D eigenvalue weighted by molar-refractivity contribution is -0.139. The smallest absolute Gasteiger partial charge is 0.318 e. The van der Waals surface area contributed by atoms with Gasteiger partial charge in [0.1, 0.15) is 10.9 Å². The maximum absolute atomic E-state index is 12.2. The Morgan fingerprint density at radius 1 is 1.32 bits per heavy atom. The van der Waals surface area contributed by atoms with Crippen LogP contribution in [0.4, 0.5) is 11.5 Å². The predicted octanol–water partition coefficient (Wildman–Crippen LogP) is 1.57. The first-order valence-corrected chi connectivity index (χ1v) is 8.22. The van der Waals surface area contributed by atoms with E-state index in [0.29, 0.717) is 5.56 Å². The first-order chi connectivity index (χ1) is 11.8. The van der Waals surface area contributed by atoms with Gasteiger partial charge in [-0.05, 0) is 26.0 Å². The molecule has 1 aromatic carbocycles. The number of rotatable bonds is 5. The van der Waals surface area contributed by atoms with Gasteiger partial charge in [0.2, 0.25) is 0 Å². The van der Waals surface area contributed by atoms with E-state index < -0.39 is 22.7 Å². The molecule has 132 valence electrons. The Balaban J connectivity index is 2.20. The van der Waals surface area contributed by atoms with Crippen LogP contribution < -0.4 is 16.6 Å². The summed E-state index contributed by atoms with van der Waals surface area (Å²) in [6, 6.07) is 6.86. The summed E-state index contributed by atoms with van der Waals surface area (Å²) in [4.78, 5) is 42.3. The molecule has 9 heteroatoms. The number of nitrogens with zero attached hydrogens (tertiary/aromatic N) is 1. The van der Waals surface area contributed by atoms with Crippen molar-refractivity contribution in [2.24, 2.45) is 0 Å². The first-order valence-electron chi connectivity index (χ1n) is 7.34. The van der Waals surface area contributed by atoms with Gasteiger partial charge in [0, 0.05) is 5.56 Å². The number of H-pyrrole nitrogens is 1. The molecule has 1 amide bonds. The molecule has 4 N–H and O–H groups in total. The Labute approximate surface area is 148 Å². The number of hydrogen-bond donors (Lipinski definition) is 3. The number of aromatic nitrogens is 2. The second kappa shape index (κ2) is 7.84. The Hall–Kier alpha value is -2.81. The third kappa shape index (κ3) is 4.60. The minimum absolute atomic E-state index is 0.135. The molecule has 0 spiro atoms. The summed E-state index contributed by atoms with van der Waals surface area (Å²) >= 11 is 0.996. The summed E-state index contributed by atoms with van der Waals surface area (Å²) < 4.78 is 4.61. The molecule has 0 unspecified atom stereocenters. The van der Waals surface area contributed by atoms with Crippen molar-refractivity contribution in [2.45, 2.75) is 24.3 Å². The number of methoxy groups -OCH3 is 1. The SMILES string of the molecule is COC(=O)[C@@H](C)Sc1nc(N)c(NC(=O)c2ccc(C)cc2)c(=O)[nH]1. The molecule has 0 radical (unpaired) electrons. The number of aryl methyl sites for hydroxylation is 1. The van der Waals surface area contributed by atoms with E-state index >= 15 is 0 Å². The Morgan fingerprint density at radius 3 is 2.52 bits per heavy atom. The van der Waals surface area contributed by atoms with Crippen molar-refractivity contribution in [1.29, 1.82) is 0 Å². The third-order valence-corrected chi connectivity index (χ3v) is 4.26. The minimum atomic E-state index is -0.604. The van der Waals surface area contributed by atoms with E-state index in [1.807, 2.05) is 6.92 Å². The van der Waals surface area contributed by atoms with Crippen LogP contribution in [-0.4, -0.2) is 34.2 Å². The standard InChI is InChI=1S/C16H18N4O4S/c1-8-4-6-10(7-5-8)13(21)18-11-12(17)19-16(20-14(11)22)25-9(2)15(23)24-3/h4-7,9H,1-3H3,(H,18,21)(H3,17,19,20,22)/t9-/m1/s1. The molecular weight excluding hydrogens is 344 g/mol. The van der Waals surface area contributed by atoms with E-state index in [2.05, 4.69) is 20.0 Å². The number of ether oxygens (including phenoxy) is 1. The van der Waals surface area contributed by atoms with Crippen LogP contribution in [0.15, 0.2) is 34.2 Å². The molecule has 0 aliphatic heterocycles. The van der Waals surface area contributed by atoms with Crippen LogP contribution in [0, 0.1) is 6.92 Å². The lowest BCUT2D eigenvalue weighted by atomic mass is 10.1. The van der Waals surface area contributed by atoms with E-state index in [-0.39, 0.29) is 16.7 Å². The number of aromatic amines is 1. The Bertz CT molecular complexity index is 848. The summed E-state index contributed by atoms with van der Waals surface area (Å²) in [5.74, 6) is -1.06. The molecule has 0 bridgehead atoms. The molecule has 0 aliphatic rings. The number of amides is 1. The third-order valence-electron chi connectivity index (χ3n) is 3.30. The molecule has 2 rings (SSSR count). The van der Waals surface area contributed by atoms with Crippen LogP contribution in [0.1, 0.15) is 22.8 Å². The maximum atomic E-state index is 12.2. The van der Waals surface area contributed by atoms with Crippen LogP contribution in [0.2, 0.25) is 0 Å². The van der Waals surface area contributed by atoms with E-state index in [1.54, 1.807) is 31.2 Å². The molecule has 1 heterocycles. The minimum Gasteiger partial charge on any atom is -0.468 e. The van der Waals surface area contributed by atoms with Crippen molar-refractivity contribution >= 4 is 35.1 Å². The summed E-state index contributed by atoms with van der Waals surface area (Å²) in [5, 5.41) is 2.05. The fourth-order valence-corrected chi connectivity index (χ4v) is 2.75. The number of hydrogen-bond acceptors (Lipinski definition) is 7. The van der Waals surface area contributed by atoms with Gasteiger partial charge in [-0.2, -0.15) is 0 Å². The van der Waals surface area contributed by atoms with Gasteiger partial charge in [-0.25, -0.2) is 4.98 Å². The number of esters is 1. The average Bonchev–Trinajstić information content (AvgIpc) is 2.57. The number of benzene rings is 1. The molecular formula is C16H18N4O4S. The lowest BCUT2D eigenvalue weighted by Crippen LogP contribution is -2.24. The number of carbonyl (C=O) groups excluding carboxylic acids is 2. The number of nitrogens with two attached hydrogens (primary N) is 1. The number of anilines is 2. The van der Waals surface area contributed by atoms with E-state index in [0.717, 1.165) is 17.3 Å². The van der Waals surface area contributed by atoms with Crippen LogP contribution in [0.3, 0.4) is 0 Å². The number of thioether (sulfide) groups is 1. The van der Waals surface area contributed by atoms with Crippen molar-refractivity contribution in [1.82, 2.24) is 9.97 Å². The van der Waals surface area contributed by atoms with E-state index in [4.69, 9.17) is 5.73 Å². The van der Waals surface area contributed by atoms with Gasteiger partial charge >= 0.3 is 5.97 Å². The zero-order valence-corrected chi connectivity index (χ0v) is 14.8. The molecule has 0 aliphatic carbocycles. The number of nitrogen functional groups attached to an aromatic ring is 1. The van der Waals surface area contributed by atoms with Gasteiger partial charge in [-0.15, -0.1) is 0 Å². The molecule has 1 aromatic heterocycles. The van der Waals surface area contributed by atoms with E-state index in [9.17, 15) is 14.4 Å². The highest BCUT2D eigenvalue weighted by Crippen LogP contribution is 2.22. The second-order valence-corrected chi connectivity index (χ2v) is 6.56. The Morgan fingerprint density at radius 2 is 1.96 bits per heavy atom. The zero-order chi connectivity index (χ0) is 18.6. The van der Waals surface area contributed by atoms with Crippen LogP contribution >= 0.6 is 11.8 Å². The number of nitrogens with one attached hydrogen (secondary N) is 2. The molecule has 25 heavy (non-hydrogen) atoms. The molecule has 0 saturated heterocycles. The predicted molar refractivity (Wildman–Crippen MR) is 95.7 cm³/mol. The quantitative estimate of drug-likeness (QED) is 0.418. The zero-order valence-electron chi connectivity index (χ0n) is 14.0. The number of carbonyl (C=O) groups is 2. The van der Waals surface area contributed by atoms with Gasteiger partial charge in [0.05, 0.1) is 7.11 Å². The molecule has 0 saturated carbocycles. The molecule has 0 fully saturated rings. The monoisotopic (exact) mass is 362 g/mol. The summed E-state index contributed by atoms with van der Waals surface area (Å²) in [6.07, 6.45) is 0. The Kier molecular flexibility index (Phi) is 5.81. The molecule has 1 atom stereocenters. The first kappa shape index (κ1) is 18.5. The van der Waals surface area contributed by atoms with Crippen LogP contribution in [-0.2, 0) is 9.53 Å². The average molecular weight is 362 g/mol. The van der Waals surface area contributed by atoms with Crippen molar-refractivity contribution in [3.63, 3.8) is 0 Å². The largest absolute Gasteiger partial charge is 0.468 e. The van der Waals surface area contributed by atoms with Gasteiger partial charge in [0.25, 0.3) is 11.5 Å². The van der Waals surface area contributed by atoms with Crippen molar-refractivity contribution < 1.29 is 14.3 Å². The van der Waals surface area contributed by atoms with Gasteiger partial charge in [0.15, 0.2) is 11.0 Å². The van der Waals surface area contributed by atoms with Gasteiger partial charge in [-0.1, -0.05) is 29.5 Å². The highest BCUT2D eigenvalue weighted by atomic mass is 32.2. The highest BCUT2D eigenvalue weighted by Gasteiger charge is 2.19. The lowest BCUT2D eigenvalue weighted by Gasteiger charge is -2.10. The highest BCUT2D eigenvalue weighted by molar-refractivity contribution is 8.00. The fourth-order valence-electron chi connectivity index (χ4n) is 1.92. The van der Waals surface area contributed by atoms with Gasteiger partial charge in [-0.3, -0.25) is 19.4 Å². The summed E-state index contributed by atoms with van der Waals surface area (Å²) in [6.45, 7) is 3.51. The fraction of sp³-hybridized carbons (Fsp3) is 0.250. The topological polar surface area (TPSA) is 127 Å². The van der Waals surface area contributed by atoms with Crippen molar-refractivity contribution in [3.05, 3.63) is 45.7 Å². The molecule has 2 aromatic rings. The summed E-state index contributed by atoms with van der Waals surface area (Å²) in [7, 11) is 1.27. The second-order valence-electron chi connectivity index (χ2n) is 5.23. The van der Waals surface area contributed by atoms with Gasteiger partial charge < -0.3 is 15.8 Å².